The third-order valence-corrected chi connectivity index (χ3v) is 3.82. The largest absolute Gasteiger partial charge is 0.476 e. The summed E-state index contributed by atoms with van der Waals surface area (Å²) < 4.78 is 5.70. The second-order valence-electron chi connectivity index (χ2n) is 4.61. The first kappa shape index (κ1) is 12.6. The highest BCUT2D eigenvalue weighted by Crippen LogP contribution is 2.26. The van der Waals surface area contributed by atoms with Gasteiger partial charge in [0.1, 0.15) is 18.0 Å². The van der Waals surface area contributed by atoms with E-state index >= 15 is 0 Å². The van der Waals surface area contributed by atoms with Crippen molar-refractivity contribution < 1.29 is 4.74 Å². The van der Waals surface area contributed by atoms with Crippen molar-refractivity contribution in [2.24, 2.45) is 5.73 Å². The van der Waals surface area contributed by atoms with E-state index in [0.29, 0.717) is 12.5 Å². The molecule has 5 heteroatoms. The third-order valence-electron chi connectivity index (χ3n) is 3.18. The Kier molecular flexibility index (Phi) is 4.23. The van der Waals surface area contributed by atoms with Crippen molar-refractivity contribution in [1.82, 2.24) is 9.97 Å². The number of nitrogens with zero attached hydrogens (tertiary/aromatic N) is 2. The number of ether oxygens (including phenoxy) is 1. The number of hydrogen-bond acceptors (Lipinski definition) is 5. The lowest BCUT2D eigenvalue weighted by atomic mass is 9.83. The Morgan fingerprint density at radius 1 is 1.35 bits per heavy atom. The average Bonchev–Trinajstić information content (AvgIpc) is 2.38. The van der Waals surface area contributed by atoms with Gasteiger partial charge in [-0.2, -0.15) is 0 Å². The lowest BCUT2D eigenvalue weighted by Gasteiger charge is -2.32. The van der Waals surface area contributed by atoms with Gasteiger partial charge in [-0.3, -0.25) is 0 Å². The van der Waals surface area contributed by atoms with Crippen LogP contribution in [0.4, 0.5) is 0 Å². The number of rotatable bonds is 4. The molecule has 0 unspecified atom stereocenters. The van der Waals surface area contributed by atoms with Crippen LogP contribution in [0.1, 0.15) is 32.1 Å². The molecule has 0 atom stereocenters. The van der Waals surface area contributed by atoms with Crippen LogP contribution in [0.5, 0.6) is 5.88 Å². The Hall–Kier alpha value is -0.810. The fourth-order valence-electron chi connectivity index (χ4n) is 2.13. The first-order chi connectivity index (χ1) is 8.22. The van der Waals surface area contributed by atoms with Crippen molar-refractivity contribution in [1.29, 1.82) is 0 Å². The molecule has 0 amide bonds. The van der Waals surface area contributed by atoms with E-state index in [0.717, 1.165) is 17.9 Å². The minimum absolute atomic E-state index is 0.164. The lowest BCUT2D eigenvalue weighted by molar-refractivity contribution is 0.168. The summed E-state index contributed by atoms with van der Waals surface area (Å²) >= 11 is 1.58. The predicted octanol–water partition coefficient (Wildman–Crippen LogP) is 2.24. The van der Waals surface area contributed by atoms with E-state index in [1.165, 1.54) is 25.6 Å². The van der Waals surface area contributed by atoms with Gasteiger partial charge in [0.05, 0.1) is 5.54 Å². The maximum atomic E-state index is 6.30. The highest BCUT2D eigenvalue weighted by Gasteiger charge is 2.28. The SMILES string of the molecule is CSc1cc(OCC2(N)CCCCC2)ncn1. The molecule has 2 rings (SSSR count). The Morgan fingerprint density at radius 2 is 2.12 bits per heavy atom. The van der Waals surface area contributed by atoms with Crippen molar-refractivity contribution in [3.8, 4) is 5.88 Å². The van der Waals surface area contributed by atoms with E-state index in [4.69, 9.17) is 10.5 Å². The highest BCUT2D eigenvalue weighted by atomic mass is 32.2. The van der Waals surface area contributed by atoms with Crippen molar-refractivity contribution in [3.05, 3.63) is 12.4 Å². The first-order valence-corrected chi connectivity index (χ1v) is 7.22. The zero-order chi connectivity index (χ0) is 12.1. The predicted molar refractivity (Wildman–Crippen MR) is 69.3 cm³/mol. The maximum Gasteiger partial charge on any atom is 0.217 e. The van der Waals surface area contributed by atoms with Gasteiger partial charge >= 0.3 is 0 Å². The van der Waals surface area contributed by atoms with Gasteiger partial charge in [0.25, 0.3) is 0 Å². The van der Waals surface area contributed by atoms with Crippen LogP contribution in [0.15, 0.2) is 17.4 Å². The van der Waals surface area contributed by atoms with Gasteiger partial charge in [-0.1, -0.05) is 19.3 Å². The van der Waals surface area contributed by atoms with E-state index in [-0.39, 0.29) is 5.54 Å². The van der Waals surface area contributed by atoms with Crippen molar-refractivity contribution in [3.63, 3.8) is 0 Å². The summed E-state index contributed by atoms with van der Waals surface area (Å²) in [6.07, 6.45) is 9.33. The molecule has 1 heterocycles. The molecule has 1 saturated carbocycles. The fraction of sp³-hybridized carbons (Fsp3) is 0.667. The Bertz CT molecular complexity index is 367. The zero-order valence-electron chi connectivity index (χ0n) is 10.2. The standard InChI is InChI=1S/C12H19N3OS/c1-17-11-7-10(14-9-15-11)16-8-12(13)5-3-2-4-6-12/h7,9H,2-6,8,13H2,1H3. The molecule has 0 radical (unpaired) electrons. The van der Waals surface area contributed by atoms with E-state index in [2.05, 4.69) is 9.97 Å². The highest BCUT2D eigenvalue weighted by molar-refractivity contribution is 7.98. The average molecular weight is 253 g/mol. The van der Waals surface area contributed by atoms with E-state index in [9.17, 15) is 0 Å². The molecule has 2 N–H and O–H groups in total. The van der Waals surface area contributed by atoms with Gasteiger partial charge < -0.3 is 10.5 Å². The summed E-state index contributed by atoms with van der Waals surface area (Å²) in [6.45, 7) is 0.553. The molecule has 1 aliphatic rings. The second kappa shape index (κ2) is 5.69. The number of aromatic nitrogens is 2. The molecule has 1 aliphatic carbocycles. The van der Waals surface area contributed by atoms with Crippen LogP contribution in [-0.4, -0.2) is 28.4 Å². The van der Waals surface area contributed by atoms with Gasteiger partial charge in [0.2, 0.25) is 5.88 Å². The van der Waals surface area contributed by atoms with Crippen LogP contribution >= 0.6 is 11.8 Å². The van der Waals surface area contributed by atoms with Gasteiger partial charge in [0, 0.05) is 6.07 Å². The molecule has 0 aliphatic heterocycles. The molecule has 0 bridgehead atoms. The Morgan fingerprint density at radius 3 is 2.82 bits per heavy atom. The normalized spacial score (nSPS) is 18.9. The molecule has 94 valence electrons. The minimum atomic E-state index is -0.164. The van der Waals surface area contributed by atoms with Gasteiger partial charge in [0.15, 0.2) is 0 Å². The van der Waals surface area contributed by atoms with Crippen LogP contribution in [0.25, 0.3) is 0 Å². The van der Waals surface area contributed by atoms with Crippen LogP contribution in [0, 0.1) is 0 Å². The van der Waals surface area contributed by atoms with Gasteiger partial charge in [-0.25, -0.2) is 9.97 Å². The number of nitrogens with two attached hydrogens (primary N) is 1. The number of hydrogen-bond donors (Lipinski definition) is 1. The number of thioether (sulfide) groups is 1. The molecule has 1 aromatic rings. The summed E-state index contributed by atoms with van der Waals surface area (Å²) in [5.74, 6) is 0.625. The molecule has 1 fully saturated rings. The molecule has 1 aromatic heterocycles. The summed E-state index contributed by atoms with van der Waals surface area (Å²) in [7, 11) is 0. The molecule has 0 aromatic carbocycles. The molecule has 4 nitrogen and oxygen atoms in total. The monoisotopic (exact) mass is 253 g/mol. The Labute approximate surface area is 106 Å². The zero-order valence-corrected chi connectivity index (χ0v) is 11.0. The Balaban J connectivity index is 1.92. The minimum Gasteiger partial charge on any atom is -0.476 e. The van der Waals surface area contributed by atoms with Crippen molar-refractivity contribution in [2.75, 3.05) is 12.9 Å². The van der Waals surface area contributed by atoms with Gasteiger partial charge in [-0.05, 0) is 19.1 Å². The first-order valence-electron chi connectivity index (χ1n) is 6.00. The van der Waals surface area contributed by atoms with Gasteiger partial charge in [-0.15, -0.1) is 11.8 Å². The lowest BCUT2D eigenvalue weighted by Crippen LogP contribution is -2.47. The topological polar surface area (TPSA) is 61.0 Å². The van der Waals surface area contributed by atoms with E-state index in [1.807, 2.05) is 12.3 Å². The summed E-state index contributed by atoms with van der Waals surface area (Å²) in [5.41, 5.74) is 6.14. The fourth-order valence-corrected chi connectivity index (χ4v) is 2.50. The molecular formula is C12H19N3OS. The van der Waals surface area contributed by atoms with Crippen LogP contribution < -0.4 is 10.5 Å². The summed E-state index contributed by atoms with van der Waals surface area (Å²) in [6, 6.07) is 1.86. The smallest absolute Gasteiger partial charge is 0.217 e. The summed E-state index contributed by atoms with van der Waals surface area (Å²) in [4.78, 5) is 8.21. The van der Waals surface area contributed by atoms with E-state index in [1.54, 1.807) is 11.8 Å². The van der Waals surface area contributed by atoms with Crippen LogP contribution in [0.2, 0.25) is 0 Å². The van der Waals surface area contributed by atoms with Crippen LogP contribution in [0.3, 0.4) is 0 Å². The molecule has 0 spiro atoms. The van der Waals surface area contributed by atoms with Crippen molar-refractivity contribution >= 4 is 11.8 Å². The second-order valence-corrected chi connectivity index (χ2v) is 5.44. The van der Waals surface area contributed by atoms with E-state index < -0.39 is 0 Å². The van der Waals surface area contributed by atoms with Crippen LogP contribution in [-0.2, 0) is 0 Å². The molecule has 0 saturated heterocycles. The quantitative estimate of drug-likeness (QED) is 0.658. The third kappa shape index (κ3) is 3.57. The molecular weight excluding hydrogens is 234 g/mol. The summed E-state index contributed by atoms with van der Waals surface area (Å²) in [5, 5.41) is 0.921. The maximum absolute atomic E-state index is 6.30. The molecule has 17 heavy (non-hydrogen) atoms. The van der Waals surface area contributed by atoms with Crippen molar-refractivity contribution in [2.45, 2.75) is 42.7 Å².